The highest BCUT2D eigenvalue weighted by Crippen LogP contribution is 2.32. The van der Waals surface area contributed by atoms with E-state index in [4.69, 9.17) is 4.74 Å². The molecule has 1 saturated heterocycles. The summed E-state index contributed by atoms with van der Waals surface area (Å²) in [6.45, 7) is 5.50. The van der Waals surface area contributed by atoms with E-state index in [0.29, 0.717) is 0 Å². The van der Waals surface area contributed by atoms with Crippen LogP contribution in [0.4, 0.5) is 14.9 Å². The lowest BCUT2D eigenvalue weighted by atomic mass is 9.88. The van der Waals surface area contributed by atoms with Crippen LogP contribution in [0.15, 0.2) is 54.1 Å². The smallest absolute Gasteiger partial charge is 0.414 e. The molecule has 1 aliphatic rings. The summed E-state index contributed by atoms with van der Waals surface area (Å²) in [6, 6.07) is 14.5. The Labute approximate surface area is 166 Å². The summed E-state index contributed by atoms with van der Waals surface area (Å²) in [7, 11) is 1.69. The maximum absolute atomic E-state index is 13.9. The molecule has 5 heteroatoms. The Balaban J connectivity index is 1.94. The van der Waals surface area contributed by atoms with Gasteiger partial charge in [0.2, 0.25) is 0 Å². The summed E-state index contributed by atoms with van der Waals surface area (Å²) in [6.07, 6.45) is 1.32. The predicted octanol–water partition coefficient (Wildman–Crippen LogP) is 4.99. The number of carbonyl (C=O) groups excluding carboxylic acids is 1. The van der Waals surface area contributed by atoms with E-state index < -0.39 is 0 Å². The van der Waals surface area contributed by atoms with Crippen LogP contribution in [0, 0.1) is 5.82 Å². The number of hydrogen-bond donors (Lipinski definition) is 1. The van der Waals surface area contributed by atoms with Gasteiger partial charge in [0.15, 0.2) is 0 Å². The van der Waals surface area contributed by atoms with E-state index in [-0.39, 0.29) is 18.0 Å². The third kappa shape index (κ3) is 4.78. The molecule has 0 radical (unpaired) electrons. The second-order valence-corrected chi connectivity index (χ2v) is 7.28. The lowest BCUT2D eigenvalue weighted by Gasteiger charge is -2.22. The second-order valence-electron chi connectivity index (χ2n) is 7.28. The quantitative estimate of drug-likeness (QED) is 0.810. The molecule has 1 amide bonds. The van der Waals surface area contributed by atoms with Crippen molar-refractivity contribution >= 4 is 17.4 Å². The summed E-state index contributed by atoms with van der Waals surface area (Å²) in [5.74, 6) is -0.239. The number of nitrogens with one attached hydrogen (secondary N) is 1. The minimum absolute atomic E-state index is 0.168. The summed E-state index contributed by atoms with van der Waals surface area (Å²) in [5.41, 5.74) is 5.07. The van der Waals surface area contributed by atoms with Gasteiger partial charge >= 0.3 is 6.09 Å². The Morgan fingerprint density at radius 2 is 1.75 bits per heavy atom. The Hall–Kier alpha value is -2.66. The number of anilines is 1. The van der Waals surface area contributed by atoms with E-state index in [1.54, 1.807) is 19.2 Å². The van der Waals surface area contributed by atoms with Gasteiger partial charge in [-0.2, -0.15) is 0 Å². The van der Waals surface area contributed by atoms with Crippen LogP contribution in [-0.4, -0.2) is 32.3 Å². The fourth-order valence-corrected chi connectivity index (χ4v) is 3.44. The van der Waals surface area contributed by atoms with Crippen molar-refractivity contribution in [2.45, 2.75) is 32.8 Å². The van der Waals surface area contributed by atoms with E-state index >= 15 is 0 Å². The van der Waals surface area contributed by atoms with Crippen LogP contribution in [0.5, 0.6) is 0 Å². The highest BCUT2D eigenvalue weighted by atomic mass is 19.1. The standard InChI is InChI=1S/C23H27FN2O2/c1-16(2)28-23(27)26(3)21-9-7-17(8-10-21)22(18-11-13-25-14-12-18)19-5-4-6-20(24)15-19/h4-10,15-16,25H,11-14H2,1-3H3. The van der Waals surface area contributed by atoms with Crippen molar-refractivity contribution in [2.24, 2.45) is 0 Å². The average Bonchev–Trinajstić information content (AvgIpc) is 2.68. The first kappa shape index (κ1) is 20.1. The summed E-state index contributed by atoms with van der Waals surface area (Å²) in [4.78, 5) is 13.6. The summed E-state index contributed by atoms with van der Waals surface area (Å²) >= 11 is 0. The number of hydrogen-bond acceptors (Lipinski definition) is 3. The van der Waals surface area contributed by atoms with Crippen LogP contribution >= 0.6 is 0 Å². The zero-order valence-corrected chi connectivity index (χ0v) is 16.7. The molecule has 28 heavy (non-hydrogen) atoms. The third-order valence-corrected chi connectivity index (χ3v) is 4.83. The van der Waals surface area contributed by atoms with Gasteiger partial charge in [0.1, 0.15) is 5.82 Å². The number of amides is 1. The minimum atomic E-state index is -0.384. The van der Waals surface area contributed by atoms with Crippen LogP contribution < -0.4 is 10.2 Å². The first-order chi connectivity index (χ1) is 13.5. The Morgan fingerprint density at radius 3 is 2.36 bits per heavy atom. The van der Waals surface area contributed by atoms with E-state index in [0.717, 1.165) is 48.3 Å². The molecule has 3 rings (SSSR count). The maximum Gasteiger partial charge on any atom is 0.414 e. The molecule has 0 atom stereocenters. The third-order valence-electron chi connectivity index (χ3n) is 4.83. The molecule has 148 valence electrons. The van der Waals surface area contributed by atoms with Gasteiger partial charge < -0.3 is 10.1 Å². The lowest BCUT2D eigenvalue weighted by Crippen LogP contribution is -2.29. The number of rotatable bonds is 4. The molecule has 1 N–H and O–H groups in total. The molecule has 0 aliphatic carbocycles. The number of nitrogens with zero attached hydrogens (tertiary/aromatic N) is 1. The first-order valence-electron chi connectivity index (χ1n) is 9.69. The molecule has 2 aromatic carbocycles. The zero-order valence-electron chi connectivity index (χ0n) is 16.7. The normalized spacial score (nSPS) is 14.1. The minimum Gasteiger partial charge on any atom is -0.446 e. The first-order valence-corrected chi connectivity index (χ1v) is 9.69. The Bertz CT molecular complexity index is 851. The van der Waals surface area contributed by atoms with Gasteiger partial charge in [-0.25, -0.2) is 9.18 Å². The molecule has 0 saturated carbocycles. The van der Waals surface area contributed by atoms with Crippen molar-refractivity contribution in [3.63, 3.8) is 0 Å². The van der Waals surface area contributed by atoms with Crippen LogP contribution in [0.1, 0.15) is 37.8 Å². The fraction of sp³-hybridized carbons (Fsp3) is 0.348. The van der Waals surface area contributed by atoms with Crippen LogP contribution in [0.3, 0.4) is 0 Å². The molecular formula is C23H27FN2O2. The van der Waals surface area contributed by atoms with Crippen molar-refractivity contribution in [2.75, 3.05) is 25.0 Å². The van der Waals surface area contributed by atoms with Crippen LogP contribution in [0.25, 0.3) is 5.57 Å². The molecule has 0 unspecified atom stereocenters. The number of benzene rings is 2. The van der Waals surface area contributed by atoms with E-state index in [2.05, 4.69) is 5.32 Å². The van der Waals surface area contributed by atoms with Gasteiger partial charge in [0.05, 0.1) is 6.10 Å². The molecule has 1 fully saturated rings. The number of carbonyl (C=O) groups is 1. The number of halogens is 1. The van der Waals surface area contributed by atoms with E-state index in [1.807, 2.05) is 44.2 Å². The fourth-order valence-electron chi connectivity index (χ4n) is 3.44. The molecule has 1 heterocycles. The van der Waals surface area contributed by atoms with Crippen molar-refractivity contribution in [1.82, 2.24) is 5.32 Å². The van der Waals surface area contributed by atoms with Gasteiger partial charge in [-0.05, 0) is 80.7 Å². The van der Waals surface area contributed by atoms with Crippen molar-refractivity contribution < 1.29 is 13.9 Å². The second kappa shape index (κ2) is 9.02. The van der Waals surface area contributed by atoms with E-state index in [1.165, 1.54) is 16.5 Å². The van der Waals surface area contributed by atoms with E-state index in [9.17, 15) is 9.18 Å². The van der Waals surface area contributed by atoms with Crippen molar-refractivity contribution in [3.8, 4) is 0 Å². The molecule has 0 spiro atoms. The SMILES string of the molecule is CC(C)OC(=O)N(C)c1ccc(C(=C2CCNCC2)c2cccc(F)c2)cc1. The van der Waals surface area contributed by atoms with Gasteiger partial charge in [-0.15, -0.1) is 0 Å². The van der Waals surface area contributed by atoms with Crippen molar-refractivity contribution in [1.29, 1.82) is 0 Å². The van der Waals surface area contributed by atoms with Gasteiger partial charge in [0.25, 0.3) is 0 Å². The summed E-state index contributed by atoms with van der Waals surface area (Å²) in [5, 5.41) is 3.37. The monoisotopic (exact) mass is 382 g/mol. The van der Waals surface area contributed by atoms with Crippen LogP contribution in [-0.2, 0) is 4.74 Å². The molecule has 4 nitrogen and oxygen atoms in total. The number of ether oxygens (including phenoxy) is 1. The lowest BCUT2D eigenvalue weighted by molar-refractivity contribution is 0.124. The summed E-state index contributed by atoms with van der Waals surface area (Å²) < 4.78 is 19.1. The zero-order chi connectivity index (χ0) is 20.1. The highest BCUT2D eigenvalue weighted by molar-refractivity contribution is 5.88. The molecule has 1 aliphatic heterocycles. The van der Waals surface area contributed by atoms with Crippen molar-refractivity contribution in [3.05, 3.63) is 71.0 Å². The van der Waals surface area contributed by atoms with Gasteiger partial charge in [-0.1, -0.05) is 29.8 Å². The largest absolute Gasteiger partial charge is 0.446 e. The average molecular weight is 382 g/mol. The topological polar surface area (TPSA) is 41.6 Å². The maximum atomic E-state index is 13.9. The Morgan fingerprint density at radius 1 is 1.07 bits per heavy atom. The number of piperidine rings is 1. The molecule has 0 aromatic heterocycles. The molecule has 0 bridgehead atoms. The van der Waals surface area contributed by atoms with Gasteiger partial charge in [0, 0.05) is 12.7 Å². The molecule has 2 aromatic rings. The van der Waals surface area contributed by atoms with Crippen LogP contribution in [0.2, 0.25) is 0 Å². The predicted molar refractivity (Wildman–Crippen MR) is 111 cm³/mol. The van der Waals surface area contributed by atoms with Gasteiger partial charge in [-0.3, -0.25) is 4.90 Å². The highest BCUT2D eigenvalue weighted by Gasteiger charge is 2.17. The Kier molecular flexibility index (Phi) is 6.47. The molecular weight excluding hydrogens is 355 g/mol.